The minimum absolute atomic E-state index is 0.628. The summed E-state index contributed by atoms with van der Waals surface area (Å²) in [5.41, 5.74) is -1.47. The molecule has 0 aromatic carbocycles. The number of aromatic nitrogens is 1. The van der Waals surface area contributed by atoms with Gasteiger partial charge in [-0.2, -0.15) is 4.72 Å². The van der Waals surface area contributed by atoms with Crippen LogP contribution in [0.15, 0.2) is 23.4 Å². The maximum Gasteiger partial charge on any atom is 0.261 e. The van der Waals surface area contributed by atoms with E-state index in [1.165, 1.54) is 13.0 Å². The lowest BCUT2D eigenvalue weighted by Gasteiger charge is -2.25. The van der Waals surface area contributed by atoms with E-state index in [1.807, 2.05) is 4.72 Å². The van der Waals surface area contributed by atoms with Gasteiger partial charge in [-0.05, 0) is 19.1 Å². The van der Waals surface area contributed by atoms with Gasteiger partial charge in [0.25, 0.3) is 10.0 Å². The average molecular weight is 264 g/mol. The van der Waals surface area contributed by atoms with Gasteiger partial charge in [0.2, 0.25) is 5.03 Å². The number of aliphatic hydroxyl groups is 2. The third-order valence-electron chi connectivity index (χ3n) is 2.06. The Kier molecular flexibility index (Phi) is 4.15. The van der Waals surface area contributed by atoms with Crippen molar-refractivity contribution in [2.24, 2.45) is 0 Å². The lowest BCUT2D eigenvalue weighted by molar-refractivity contribution is 0.121. The maximum atomic E-state index is 13.3. The highest BCUT2D eigenvalue weighted by atomic mass is 32.2. The van der Waals surface area contributed by atoms with Crippen LogP contribution in [0, 0.1) is 5.82 Å². The van der Waals surface area contributed by atoms with Crippen molar-refractivity contribution < 1.29 is 23.0 Å². The monoisotopic (exact) mass is 264 g/mol. The van der Waals surface area contributed by atoms with E-state index in [-0.39, 0.29) is 0 Å². The number of sulfonamides is 1. The Bertz CT molecular complexity index is 488. The van der Waals surface area contributed by atoms with Gasteiger partial charge < -0.3 is 10.2 Å². The largest absolute Gasteiger partial charge is 0.394 e. The van der Waals surface area contributed by atoms with E-state index in [0.29, 0.717) is 0 Å². The van der Waals surface area contributed by atoms with E-state index in [1.54, 1.807) is 0 Å². The molecule has 0 saturated carbocycles. The molecular weight excluding hydrogens is 251 g/mol. The second-order valence-electron chi connectivity index (χ2n) is 3.77. The second-order valence-corrected chi connectivity index (χ2v) is 5.37. The minimum Gasteiger partial charge on any atom is -0.394 e. The molecule has 6 nitrogen and oxygen atoms in total. The Morgan fingerprint density at radius 3 is 2.53 bits per heavy atom. The molecule has 17 heavy (non-hydrogen) atoms. The summed E-state index contributed by atoms with van der Waals surface area (Å²) in [6.07, 6.45) is 1.13. The zero-order valence-corrected chi connectivity index (χ0v) is 9.91. The number of pyridine rings is 1. The summed E-state index contributed by atoms with van der Waals surface area (Å²) < 4.78 is 38.8. The van der Waals surface area contributed by atoms with E-state index in [9.17, 15) is 12.8 Å². The van der Waals surface area contributed by atoms with Crippen LogP contribution in [-0.4, -0.2) is 42.4 Å². The Labute approximate surface area is 98.2 Å². The minimum atomic E-state index is -4.23. The predicted octanol–water partition coefficient (Wildman–Crippen LogP) is -0.758. The van der Waals surface area contributed by atoms with Gasteiger partial charge in [0.05, 0.1) is 18.8 Å². The topological polar surface area (TPSA) is 99.5 Å². The second kappa shape index (κ2) is 5.05. The molecule has 1 rings (SSSR count). The predicted molar refractivity (Wildman–Crippen MR) is 57.1 cm³/mol. The fraction of sp³-hybridized carbons (Fsp3) is 0.444. The average Bonchev–Trinajstić information content (AvgIpc) is 2.28. The quantitative estimate of drug-likeness (QED) is 0.649. The zero-order chi connectivity index (χ0) is 13.1. The molecule has 0 aliphatic rings. The van der Waals surface area contributed by atoms with Crippen LogP contribution in [0.4, 0.5) is 4.39 Å². The summed E-state index contributed by atoms with van der Waals surface area (Å²) in [5.74, 6) is -1.00. The lowest BCUT2D eigenvalue weighted by Crippen LogP contribution is -2.51. The number of nitrogens with one attached hydrogen (secondary N) is 1. The molecule has 0 radical (unpaired) electrons. The van der Waals surface area contributed by atoms with Crippen LogP contribution >= 0.6 is 0 Å². The summed E-state index contributed by atoms with van der Waals surface area (Å²) >= 11 is 0. The Morgan fingerprint density at radius 2 is 2.06 bits per heavy atom. The van der Waals surface area contributed by atoms with E-state index >= 15 is 0 Å². The van der Waals surface area contributed by atoms with Crippen LogP contribution in [0.25, 0.3) is 0 Å². The van der Waals surface area contributed by atoms with Crippen molar-refractivity contribution in [3.05, 3.63) is 24.1 Å². The molecule has 0 amide bonds. The summed E-state index contributed by atoms with van der Waals surface area (Å²) in [6.45, 7) is 0.0275. The molecule has 0 unspecified atom stereocenters. The van der Waals surface area contributed by atoms with Crippen LogP contribution in [0.2, 0.25) is 0 Å². The van der Waals surface area contributed by atoms with Gasteiger partial charge in [0, 0.05) is 6.20 Å². The molecule has 0 aliphatic heterocycles. The molecule has 0 saturated heterocycles. The van der Waals surface area contributed by atoms with Crippen molar-refractivity contribution in [2.45, 2.75) is 17.5 Å². The summed E-state index contributed by atoms with van der Waals surface area (Å²) in [6, 6.07) is 2.21. The molecule has 0 spiro atoms. The van der Waals surface area contributed by atoms with Gasteiger partial charge in [0.15, 0.2) is 5.82 Å². The smallest absolute Gasteiger partial charge is 0.261 e. The number of rotatable bonds is 5. The number of hydrogen-bond acceptors (Lipinski definition) is 5. The zero-order valence-electron chi connectivity index (χ0n) is 9.09. The first kappa shape index (κ1) is 14.0. The molecule has 0 atom stereocenters. The highest BCUT2D eigenvalue weighted by Crippen LogP contribution is 2.13. The van der Waals surface area contributed by atoms with Crippen LogP contribution in [0.1, 0.15) is 6.92 Å². The lowest BCUT2D eigenvalue weighted by atomic mass is 10.1. The highest BCUT2D eigenvalue weighted by molar-refractivity contribution is 7.89. The van der Waals surface area contributed by atoms with Crippen LogP contribution in [0.3, 0.4) is 0 Å². The van der Waals surface area contributed by atoms with Crippen LogP contribution in [0.5, 0.6) is 0 Å². The third kappa shape index (κ3) is 3.19. The number of hydrogen-bond donors (Lipinski definition) is 3. The first-order chi connectivity index (χ1) is 7.84. The standard InChI is InChI=1S/C9H13FN2O4S/c1-9(5-13,6-14)12-17(15,16)8-7(10)3-2-4-11-8/h2-4,12-14H,5-6H2,1H3. The fourth-order valence-electron chi connectivity index (χ4n) is 1.06. The molecule has 0 fully saturated rings. The third-order valence-corrected chi connectivity index (χ3v) is 3.63. The summed E-state index contributed by atoms with van der Waals surface area (Å²) in [7, 11) is -4.23. The fourth-order valence-corrected chi connectivity index (χ4v) is 2.46. The van der Waals surface area contributed by atoms with Gasteiger partial charge in [-0.3, -0.25) is 0 Å². The van der Waals surface area contributed by atoms with Crippen molar-refractivity contribution in [3.63, 3.8) is 0 Å². The highest BCUT2D eigenvalue weighted by Gasteiger charge is 2.31. The Morgan fingerprint density at radius 1 is 1.47 bits per heavy atom. The van der Waals surface area contributed by atoms with E-state index in [2.05, 4.69) is 4.98 Å². The van der Waals surface area contributed by atoms with Crippen molar-refractivity contribution >= 4 is 10.0 Å². The number of nitrogens with zero attached hydrogens (tertiary/aromatic N) is 1. The maximum absolute atomic E-state index is 13.3. The molecule has 8 heteroatoms. The van der Waals surface area contributed by atoms with Crippen molar-refractivity contribution in [3.8, 4) is 0 Å². The SMILES string of the molecule is CC(CO)(CO)NS(=O)(=O)c1ncccc1F. The molecule has 1 aromatic heterocycles. The summed E-state index contributed by atoms with van der Waals surface area (Å²) in [5, 5.41) is 17.2. The van der Waals surface area contributed by atoms with Gasteiger partial charge in [-0.15, -0.1) is 0 Å². The van der Waals surface area contributed by atoms with E-state index in [0.717, 1.165) is 12.3 Å². The van der Waals surface area contributed by atoms with Crippen molar-refractivity contribution in [1.82, 2.24) is 9.71 Å². The van der Waals surface area contributed by atoms with Crippen molar-refractivity contribution in [2.75, 3.05) is 13.2 Å². The Hall–Kier alpha value is -1.09. The number of aliphatic hydroxyl groups excluding tert-OH is 2. The first-order valence-corrected chi connectivity index (χ1v) is 6.19. The molecule has 96 valence electrons. The number of halogens is 1. The van der Waals surface area contributed by atoms with Gasteiger partial charge in [0.1, 0.15) is 0 Å². The molecule has 1 aromatic rings. The molecule has 0 aliphatic carbocycles. The van der Waals surface area contributed by atoms with Crippen LogP contribution in [-0.2, 0) is 10.0 Å². The molecule has 3 N–H and O–H groups in total. The molecular formula is C9H13FN2O4S. The first-order valence-electron chi connectivity index (χ1n) is 4.71. The van der Waals surface area contributed by atoms with E-state index < -0.39 is 39.6 Å². The normalized spacial score (nSPS) is 12.7. The Balaban J connectivity index is 3.10. The van der Waals surface area contributed by atoms with Gasteiger partial charge in [-0.1, -0.05) is 0 Å². The van der Waals surface area contributed by atoms with Gasteiger partial charge >= 0.3 is 0 Å². The molecule has 0 bridgehead atoms. The summed E-state index contributed by atoms with van der Waals surface area (Å²) in [4.78, 5) is 3.41. The van der Waals surface area contributed by atoms with Crippen LogP contribution < -0.4 is 4.72 Å². The molecule has 1 heterocycles. The van der Waals surface area contributed by atoms with Crippen molar-refractivity contribution in [1.29, 1.82) is 0 Å². The van der Waals surface area contributed by atoms with Gasteiger partial charge in [-0.25, -0.2) is 17.8 Å². The van der Waals surface area contributed by atoms with E-state index in [4.69, 9.17) is 10.2 Å².